The Morgan fingerprint density at radius 2 is 1.38 bits per heavy atom. The minimum absolute atomic E-state index is 0.196. The number of rotatable bonds is 8. The summed E-state index contributed by atoms with van der Waals surface area (Å²) >= 11 is 0. The van der Waals surface area contributed by atoms with Gasteiger partial charge in [-0.2, -0.15) is 0 Å². The maximum atomic E-state index is 6.80. The minimum atomic E-state index is -2.81. The zero-order valence-corrected chi connectivity index (χ0v) is 16.4. The van der Waals surface area contributed by atoms with Crippen molar-refractivity contribution in [3.63, 3.8) is 0 Å². The van der Waals surface area contributed by atoms with Crippen LogP contribution in [0.25, 0.3) is 0 Å². The molecule has 1 heterocycles. The SMILES string of the molecule is CO[Si](CC1CO1)(OC)O[Si](C)(c1ccccc1)c1ccccc1. The van der Waals surface area contributed by atoms with E-state index in [2.05, 4.69) is 55.1 Å². The first kappa shape index (κ1) is 17.5. The van der Waals surface area contributed by atoms with Crippen molar-refractivity contribution < 1.29 is 17.7 Å². The molecule has 1 aliphatic heterocycles. The van der Waals surface area contributed by atoms with E-state index in [1.807, 2.05) is 12.1 Å². The highest BCUT2D eigenvalue weighted by Crippen LogP contribution is 2.27. The van der Waals surface area contributed by atoms with E-state index in [9.17, 15) is 0 Å². The Labute approximate surface area is 145 Å². The summed E-state index contributed by atoms with van der Waals surface area (Å²) in [6.45, 7) is 2.98. The predicted octanol–water partition coefficient (Wildman–Crippen LogP) is 2.02. The molecule has 1 fully saturated rings. The summed E-state index contributed by atoms with van der Waals surface area (Å²) < 4.78 is 23.9. The van der Waals surface area contributed by atoms with E-state index in [0.717, 1.165) is 6.61 Å². The Balaban J connectivity index is 2.01. The molecule has 0 radical (unpaired) electrons. The van der Waals surface area contributed by atoms with Gasteiger partial charge < -0.3 is 17.7 Å². The molecule has 1 unspecified atom stereocenters. The Kier molecular flexibility index (Phi) is 5.34. The first-order valence-electron chi connectivity index (χ1n) is 8.15. The summed E-state index contributed by atoms with van der Waals surface area (Å²) in [4.78, 5) is 0. The summed E-state index contributed by atoms with van der Waals surface area (Å²) in [6, 6.07) is 21.5. The van der Waals surface area contributed by atoms with Crippen LogP contribution in [0, 0.1) is 0 Å². The normalized spacial score (nSPS) is 17.7. The third kappa shape index (κ3) is 3.69. The second kappa shape index (κ2) is 7.30. The fourth-order valence-electron chi connectivity index (χ4n) is 2.95. The van der Waals surface area contributed by atoms with Crippen molar-refractivity contribution >= 4 is 27.5 Å². The second-order valence-electron chi connectivity index (χ2n) is 6.12. The van der Waals surface area contributed by atoms with Gasteiger partial charge in [-0.25, -0.2) is 0 Å². The molecular weight excluding hydrogens is 336 g/mol. The van der Waals surface area contributed by atoms with Gasteiger partial charge in [-0.15, -0.1) is 0 Å². The van der Waals surface area contributed by atoms with Gasteiger partial charge in [0.2, 0.25) is 8.32 Å². The number of ether oxygens (including phenoxy) is 1. The quantitative estimate of drug-likeness (QED) is 0.533. The van der Waals surface area contributed by atoms with E-state index >= 15 is 0 Å². The van der Waals surface area contributed by atoms with Crippen molar-refractivity contribution in [1.82, 2.24) is 0 Å². The minimum Gasteiger partial charge on any atom is -0.407 e. The largest absolute Gasteiger partial charge is 0.493 e. The Morgan fingerprint density at radius 3 is 1.75 bits per heavy atom. The van der Waals surface area contributed by atoms with Crippen molar-refractivity contribution in [2.75, 3.05) is 20.8 Å². The molecule has 3 rings (SSSR count). The molecule has 4 nitrogen and oxygen atoms in total. The van der Waals surface area contributed by atoms with Crippen LogP contribution in [0.15, 0.2) is 60.7 Å². The number of hydrogen-bond donors (Lipinski definition) is 0. The molecule has 0 spiro atoms. The van der Waals surface area contributed by atoms with Crippen LogP contribution in [0.1, 0.15) is 0 Å². The fraction of sp³-hybridized carbons (Fsp3) is 0.333. The molecule has 2 aromatic rings. The molecule has 128 valence electrons. The maximum Gasteiger partial charge on any atom is 0.493 e. The van der Waals surface area contributed by atoms with Gasteiger partial charge in [0.1, 0.15) is 0 Å². The standard InChI is InChI=1S/C18H24O4Si2/c1-19-24(20-2,15-16-14-21-16)22-23(3,17-10-6-4-7-11-17)18-12-8-5-9-13-18/h4-13,16H,14-15H2,1-3H3. The Bertz CT molecular complexity index is 603. The third-order valence-corrected chi connectivity index (χ3v) is 12.5. The first-order valence-corrected chi connectivity index (χ1v) is 12.5. The number of hydrogen-bond acceptors (Lipinski definition) is 4. The van der Waals surface area contributed by atoms with Crippen LogP contribution in [0.5, 0.6) is 0 Å². The second-order valence-corrected chi connectivity index (χ2v) is 12.7. The Hall–Kier alpha value is -1.29. The van der Waals surface area contributed by atoms with Crippen molar-refractivity contribution in [2.45, 2.75) is 18.7 Å². The molecular formula is C18H24O4Si2. The summed E-state index contributed by atoms with van der Waals surface area (Å²) in [7, 11) is -1.90. The zero-order chi connectivity index (χ0) is 17.0. The summed E-state index contributed by atoms with van der Waals surface area (Å²) in [5.74, 6) is 0. The summed E-state index contributed by atoms with van der Waals surface area (Å²) in [6.07, 6.45) is 0.196. The summed E-state index contributed by atoms with van der Waals surface area (Å²) in [5, 5.41) is 2.41. The molecule has 1 saturated heterocycles. The van der Waals surface area contributed by atoms with Crippen molar-refractivity contribution in [3.05, 3.63) is 60.7 Å². The van der Waals surface area contributed by atoms with Gasteiger partial charge >= 0.3 is 8.80 Å². The molecule has 2 aromatic carbocycles. The molecule has 0 amide bonds. The van der Waals surface area contributed by atoms with Crippen molar-refractivity contribution in [3.8, 4) is 0 Å². The highest BCUT2D eigenvalue weighted by molar-refractivity contribution is 7.00. The highest BCUT2D eigenvalue weighted by Gasteiger charge is 2.51. The topological polar surface area (TPSA) is 40.2 Å². The van der Waals surface area contributed by atoms with Gasteiger partial charge in [0.25, 0.3) is 0 Å². The van der Waals surface area contributed by atoms with Crippen LogP contribution in [-0.2, 0) is 17.7 Å². The zero-order valence-electron chi connectivity index (χ0n) is 14.4. The third-order valence-electron chi connectivity index (χ3n) is 4.51. The van der Waals surface area contributed by atoms with Gasteiger partial charge in [-0.05, 0) is 16.9 Å². The predicted molar refractivity (Wildman–Crippen MR) is 99.2 cm³/mol. The smallest absolute Gasteiger partial charge is 0.407 e. The molecule has 1 aliphatic rings. The average Bonchev–Trinajstić information content (AvgIpc) is 3.46. The molecule has 1 atom stereocenters. The monoisotopic (exact) mass is 360 g/mol. The van der Waals surface area contributed by atoms with E-state index in [1.54, 1.807) is 14.2 Å². The van der Waals surface area contributed by atoms with Gasteiger partial charge in [-0.1, -0.05) is 60.7 Å². The van der Waals surface area contributed by atoms with Crippen LogP contribution in [0.2, 0.25) is 12.6 Å². The summed E-state index contributed by atoms with van der Waals surface area (Å²) in [5.41, 5.74) is 0. The molecule has 24 heavy (non-hydrogen) atoms. The van der Waals surface area contributed by atoms with E-state index < -0.39 is 17.1 Å². The average molecular weight is 361 g/mol. The first-order chi connectivity index (χ1) is 11.6. The Morgan fingerprint density at radius 1 is 0.917 bits per heavy atom. The van der Waals surface area contributed by atoms with Gasteiger partial charge in [0, 0.05) is 20.3 Å². The van der Waals surface area contributed by atoms with Crippen LogP contribution in [0.3, 0.4) is 0 Å². The van der Waals surface area contributed by atoms with Crippen LogP contribution < -0.4 is 10.4 Å². The van der Waals surface area contributed by atoms with Crippen LogP contribution >= 0.6 is 0 Å². The maximum absolute atomic E-state index is 6.80. The van der Waals surface area contributed by atoms with Gasteiger partial charge in [-0.3, -0.25) is 0 Å². The lowest BCUT2D eigenvalue weighted by atomic mass is 10.4. The lowest BCUT2D eigenvalue weighted by Crippen LogP contribution is -2.65. The molecule has 0 aliphatic carbocycles. The van der Waals surface area contributed by atoms with Gasteiger partial charge in [0.05, 0.1) is 12.7 Å². The molecule has 6 heteroatoms. The molecule has 0 saturated carbocycles. The number of epoxide rings is 1. The lowest BCUT2D eigenvalue weighted by molar-refractivity contribution is 0.156. The van der Waals surface area contributed by atoms with Crippen LogP contribution in [-0.4, -0.2) is 44.1 Å². The van der Waals surface area contributed by atoms with E-state index in [0.29, 0.717) is 6.04 Å². The van der Waals surface area contributed by atoms with E-state index in [4.69, 9.17) is 17.7 Å². The fourth-order valence-corrected chi connectivity index (χ4v) is 10.7. The highest BCUT2D eigenvalue weighted by atomic mass is 28.5. The van der Waals surface area contributed by atoms with Crippen molar-refractivity contribution in [1.29, 1.82) is 0 Å². The van der Waals surface area contributed by atoms with Crippen LogP contribution in [0.4, 0.5) is 0 Å². The molecule has 0 N–H and O–H groups in total. The lowest BCUT2D eigenvalue weighted by Gasteiger charge is -2.37. The van der Waals surface area contributed by atoms with Crippen molar-refractivity contribution in [2.24, 2.45) is 0 Å². The number of benzene rings is 2. The van der Waals surface area contributed by atoms with E-state index in [-0.39, 0.29) is 6.10 Å². The van der Waals surface area contributed by atoms with E-state index in [1.165, 1.54) is 10.4 Å². The molecule has 0 bridgehead atoms. The molecule has 0 aromatic heterocycles. The van der Waals surface area contributed by atoms with Gasteiger partial charge in [0.15, 0.2) is 0 Å².